The Morgan fingerprint density at radius 3 is 2.09 bits per heavy atom. The van der Waals surface area contributed by atoms with Gasteiger partial charge < -0.3 is 57.5 Å². The smallest absolute Gasteiger partial charge is 0.325 e. The number of ether oxygens (including phenoxy) is 1. The Morgan fingerprint density at radius 1 is 0.696 bits per heavy atom. The predicted octanol–water partition coefficient (Wildman–Crippen LogP) is 4.63. The molecule has 10 heterocycles. The molecule has 476 valence electrons. The van der Waals surface area contributed by atoms with Crippen molar-refractivity contribution in [2.24, 2.45) is 16.6 Å². The van der Waals surface area contributed by atoms with Crippen molar-refractivity contribution in [2.75, 3.05) is 26.3 Å². The van der Waals surface area contributed by atoms with Gasteiger partial charge >= 0.3 is 5.97 Å². The van der Waals surface area contributed by atoms with E-state index >= 15 is 0 Å². The second-order valence-electron chi connectivity index (χ2n) is 21.6. The van der Waals surface area contributed by atoms with Gasteiger partial charge in [-0.2, -0.15) is 0 Å². The van der Waals surface area contributed by atoms with Crippen LogP contribution in [0.2, 0.25) is 0 Å². The number of rotatable bonds is 14. The number of pyridine rings is 1. The molecule has 8 aromatic rings. The fraction of sp³-hybridized carbons (Fsp3) is 0.328. The zero-order chi connectivity index (χ0) is 64.9. The number of aliphatic imine (C=N–C) groups is 1. The molecule has 0 radical (unpaired) electrons. The number of likely N-dealkylation sites (tertiary alicyclic amines) is 1. The van der Waals surface area contributed by atoms with Crippen molar-refractivity contribution in [3.63, 3.8) is 0 Å². The molecule has 1 fully saturated rings. The van der Waals surface area contributed by atoms with E-state index in [1.54, 1.807) is 33.7 Å². The molecule has 7 aromatic heterocycles. The third-order valence-electron chi connectivity index (χ3n) is 14.7. The average Bonchev–Trinajstić information content (AvgIpc) is 1.72. The van der Waals surface area contributed by atoms with Crippen molar-refractivity contribution >= 4 is 127 Å². The molecule has 7 atom stereocenters. The second-order valence-corrected chi connectivity index (χ2v) is 26.8. The minimum absolute atomic E-state index is 0.00153. The van der Waals surface area contributed by atoms with E-state index in [0.717, 1.165) is 39.6 Å². The monoisotopic (exact) mass is 1360 g/mol. The molecular formula is C58H56N16O12S6. The number of aliphatic hydroxyl groups excluding tert-OH is 1. The number of carboxylic acid groups (broad SMARTS) is 1. The summed E-state index contributed by atoms with van der Waals surface area (Å²) in [6.45, 7) is 3.76. The van der Waals surface area contributed by atoms with E-state index in [1.807, 2.05) is 49.6 Å². The summed E-state index contributed by atoms with van der Waals surface area (Å²) in [6, 6.07) is 6.93. The highest BCUT2D eigenvalue weighted by atomic mass is 32.1. The second kappa shape index (κ2) is 28.2. The van der Waals surface area contributed by atoms with Crippen molar-refractivity contribution in [3.8, 4) is 43.4 Å². The molecule has 8 amide bonds. The quantitative estimate of drug-likeness (QED) is 0.0716. The van der Waals surface area contributed by atoms with Gasteiger partial charge in [-0.3, -0.25) is 43.2 Å². The van der Waals surface area contributed by atoms with Crippen LogP contribution in [-0.4, -0.2) is 153 Å². The standard InChI is InChI=1S/C58H56N16O12S6/c1-25(2)43-56-70-35(20-92-56)45(78)60-16-42(77)62-30(14-27-8-5-4-6-9-27)53-72-39(24-91-53)55-67-34(19-88-55)44-28(51-68-36(21-87-51)47(80)64-31(15-41(59)76)54-69-37(22-89-54)48(81)73-43)11-12-29(63-44)52-71-38(23-90-52)50-66-33(18-86-50)57(83)74-13-7-10-40(74)49(82)65-32(17-75)46(79)61-26(3)58(84)85/h4-6,8-9,11-12,19-26,30-32,40,43,50,75H,7,10,13-18H2,1-3H3,(H2,59,76)(H,60,78)(H,61,79)(H,62,77)(H,64,80)(H,65,82)(H,73,81)(H,84,85). The van der Waals surface area contributed by atoms with Crippen LogP contribution < -0.4 is 37.6 Å². The van der Waals surface area contributed by atoms with Crippen LogP contribution in [0.4, 0.5) is 0 Å². The number of carbonyl (C=O) groups is 9. The Kier molecular flexibility index (Phi) is 19.8. The number of aromatic nitrogens is 7. The highest BCUT2D eigenvalue weighted by molar-refractivity contribution is 7.15. The maximum Gasteiger partial charge on any atom is 0.325 e. The van der Waals surface area contributed by atoms with Crippen LogP contribution >= 0.6 is 68.0 Å². The largest absolute Gasteiger partial charge is 0.480 e. The van der Waals surface area contributed by atoms with Crippen LogP contribution in [0.1, 0.15) is 122 Å². The van der Waals surface area contributed by atoms with Crippen molar-refractivity contribution in [1.82, 2.24) is 71.7 Å². The molecule has 11 rings (SSSR count). The van der Waals surface area contributed by atoms with E-state index in [9.17, 15) is 53.4 Å². The van der Waals surface area contributed by atoms with Crippen LogP contribution in [0, 0.1) is 5.92 Å². The molecule has 3 aliphatic heterocycles. The number of thiazole rings is 6. The number of fused-ring (bicyclic) bond motifs is 14. The van der Waals surface area contributed by atoms with Gasteiger partial charge in [0.2, 0.25) is 23.6 Å². The first-order valence-electron chi connectivity index (χ1n) is 28.5. The van der Waals surface area contributed by atoms with Crippen LogP contribution in [0.5, 0.6) is 0 Å². The normalized spacial score (nSPS) is 19.4. The Bertz CT molecular complexity index is 4180. The molecule has 7 unspecified atom stereocenters. The fourth-order valence-electron chi connectivity index (χ4n) is 9.93. The number of hydrogen-bond acceptors (Lipinski definition) is 25. The van der Waals surface area contributed by atoms with Crippen LogP contribution in [0.25, 0.3) is 43.4 Å². The summed E-state index contributed by atoms with van der Waals surface area (Å²) in [4.78, 5) is 159. The first-order valence-corrected chi connectivity index (χ1v) is 33.8. The molecule has 92 heavy (non-hydrogen) atoms. The number of amides is 8. The number of hydrogen-bond donors (Lipinski definition) is 9. The number of aliphatic hydroxyl groups is 1. The Labute approximate surface area is 546 Å². The number of benzene rings is 1. The van der Waals surface area contributed by atoms with Crippen molar-refractivity contribution < 1.29 is 58.1 Å². The number of nitrogens with zero attached hydrogens (tertiary/aromatic N) is 9. The van der Waals surface area contributed by atoms with Crippen molar-refractivity contribution in [2.45, 2.75) is 88.9 Å². The highest BCUT2D eigenvalue weighted by Crippen LogP contribution is 2.40. The number of nitrogens with two attached hydrogens (primary N) is 1. The van der Waals surface area contributed by atoms with Crippen LogP contribution in [0.15, 0.2) is 79.7 Å². The van der Waals surface area contributed by atoms with Gasteiger partial charge in [0.25, 0.3) is 23.6 Å². The minimum Gasteiger partial charge on any atom is -0.480 e. The van der Waals surface area contributed by atoms with Crippen LogP contribution in [0.3, 0.4) is 0 Å². The van der Waals surface area contributed by atoms with E-state index in [2.05, 4.69) is 46.9 Å². The predicted molar refractivity (Wildman–Crippen MR) is 340 cm³/mol. The third kappa shape index (κ3) is 14.7. The lowest BCUT2D eigenvalue weighted by Crippen LogP contribution is -2.56. The highest BCUT2D eigenvalue weighted by Gasteiger charge is 2.40. The molecule has 0 saturated carbocycles. The maximum absolute atomic E-state index is 14.2. The molecule has 0 aliphatic carbocycles. The number of primary amides is 1. The zero-order valence-corrected chi connectivity index (χ0v) is 53.7. The Hall–Kier alpha value is -9.03. The molecule has 28 nitrogen and oxygen atoms in total. The molecule has 1 saturated heterocycles. The lowest BCUT2D eigenvalue weighted by molar-refractivity contribution is -0.142. The summed E-state index contributed by atoms with van der Waals surface area (Å²) < 4.78 is 5.98. The lowest BCUT2D eigenvalue weighted by Gasteiger charge is -2.26. The van der Waals surface area contributed by atoms with E-state index in [0.29, 0.717) is 71.9 Å². The molecule has 0 spiro atoms. The summed E-state index contributed by atoms with van der Waals surface area (Å²) >= 11 is 7.19. The van der Waals surface area contributed by atoms with Crippen LogP contribution in [-0.2, 0) is 39.9 Å². The SMILES string of the molecule is CC(NC(=O)C(CO)NC(=O)C1CCCN1C(=O)C1=NC(c2csc(-c3ccc4c(n3)-c3csc(n3)-c3csc(n3)C(Cc3ccccc3)NC(=O)CNC(=O)c3csc(n3)C(C(C)C)NC(=O)c3csc(n3)C(CC(N)=O)NC(=O)c3csc-4n3)n2)OC1)C(=O)O. The number of nitrogens with one attached hydrogen (secondary N) is 6. The van der Waals surface area contributed by atoms with E-state index in [4.69, 9.17) is 35.4 Å². The van der Waals surface area contributed by atoms with E-state index in [-0.39, 0.29) is 66.3 Å². The van der Waals surface area contributed by atoms with Gasteiger partial charge in [0.15, 0.2) is 6.23 Å². The molecular weight excluding hydrogens is 1310 g/mol. The van der Waals surface area contributed by atoms with E-state index < -0.39 is 102 Å². The minimum atomic E-state index is -1.47. The van der Waals surface area contributed by atoms with Gasteiger partial charge in [-0.05, 0) is 49.8 Å². The zero-order valence-electron chi connectivity index (χ0n) is 48.8. The average molecular weight is 1360 g/mol. The molecule has 34 heteroatoms. The first-order chi connectivity index (χ1) is 44.3. The Morgan fingerprint density at radius 2 is 1.34 bits per heavy atom. The van der Waals surface area contributed by atoms with Gasteiger partial charge in [0.1, 0.15) is 93.7 Å². The number of carboxylic acids is 1. The molecule has 10 N–H and O–H groups in total. The third-order valence-corrected chi connectivity index (χ3v) is 20.1. The van der Waals surface area contributed by atoms with Gasteiger partial charge in [0, 0.05) is 44.4 Å². The summed E-state index contributed by atoms with van der Waals surface area (Å²) in [6.07, 6.45) is -0.302. The Balaban J connectivity index is 0.895. The van der Waals surface area contributed by atoms with Crippen molar-refractivity contribution in [3.05, 3.63) is 118 Å². The van der Waals surface area contributed by atoms with Gasteiger partial charge in [-0.15, -0.1) is 68.0 Å². The van der Waals surface area contributed by atoms with Gasteiger partial charge in [-0.1, -0.05) is 44.2 Å². The lowest BCUT2D eigenvalue weighted by atomic mass is 10.1. The van der Waals surface area contributed by atoms with Gasteiger partial charge in [-0.25, -0.2) is 39.9 Å². The fourth-order valence-corrected chi connectivity index (χ4v) is 15.1. The topological polar surface area (TPSA) is 407 Å². The summed E-state index contributed by atoms with van der Waals surface area (Å²) in [7, 11) is 0. The first kappa shape index (κ1) is 64.5. The summed E-state index contributed by atoms with van der Waals surface area (Å²) in [5, 5.41) is 47.7. The van der Waals surface area contributed by atoms with Crippen molar-refractivity contribution in [1.29, 1.82) is 0 Å². The van der Waals surface area contributed by atoms with E-state index in [1.165, 1.54) is 51.2 Å². The summed E-state index contributed by atoms with van der Waals surface area (Å²) in [5.74, 6) is -6.78. The molecule has 10 bridgehead atoms. The molecule has 3 aliphatic rings. The number of aliphatic carboxylic acids is 1. The maximum atomic E-state index is 14.2. The number of carbonyl (C=O) groups excluding carboxylic acids is 8. The summed E-state index contributed by atoms with van der Waals surface area (Å²) in [5.41, 5.74) is 9.17. The van der Waals surface area contributed by atoms with Gasteiger partial charge in [0.05, 0.1) is 50.0 Å². The molecule has 1 aromatic carbocycles.